The standard InChI is InChI=1S/C19H15F2N3O2/c1-22-19(26)17(12-6-8-13(20)14(21)10-12)24-18(25)16-9-7-11-4-2-3-5-15(11)23-16/h2-10,17H,1H3,(H,22,26)(H,24,25). The van der Waals surface area contributed by atoms with E-state index in [1.807, 2.05) is 12.1 Å². The number of fused-ring (bicyclic) bond motifs is 1. The molecule has 0 radical (unpaired) electrons. The normalized spacial score (nSPS) is 11.8. The minimum absolute atomic E-state index is 0.111. The number of benzene rings is 2. The van der Waals surface area contributed by atoms with Crippen molar-refractivity contribution in [3.8, 4) is 0 Å². The van der Waals surface area contributed by atoms with E-state index in [2.05, 4.69) is 15.6 Å². The topological polar surface area (TPSA) is 71.1 Å². The van der Waals surface area contributed by atoms with Gasteiger partial charge in [0.2, 0.25) is 5.91 Å². The Labute approximate surface area is 148 Å². The number of carbonyl (C=O) groups excluding carboxylic acids is 2. The van der Waals surface area contributed by atoms with Crippen molar-refractivity contribution in [2.24, 2.45) is 0 Å². The number of hydrogen-bond acceptors (Lipinski definition) is 3. The first-order valence-corrected chi connectivity index (χ1v) is 7.83. The van der Waals surface area contributed by atoms with Gasteiger partial charge in [-0.05, 0) is 29.8 Å². The van der Waals surface area contributed by atoms with E-state index in [0.717, 1.165) is 17.5 Å². The third-order valence-corrected chi connectivity index (χ3v) is 3.89. The number of para-hydroxylation sites is 1. The quantitative estimate of drug-likeness (QED) is 0.756. The molecule has 0 bridgehead atoms. The molecule has 0 spiro atoms. The third kappa shape index (κ3) is 3.51. The van der Waals surface area contributed by atoms with Crippen molar-refractivity contribution in [3.05, 3.63) is 77.5 Å². The lowest BCUT2D eigenvalue weighted by Crippen LogP contribution is -2.39. The van der Waals surface area contributed by atoms with Crippen molar-refractivity contribution in [1.29, 1.82) is 0 Å². The molecule has 2 N–H and O–H groups in total. The van der Waals surface area contributed by atoms with Gasteiger partial charge in [-0.1, -0.05) is 30.3 Å². The van der Waals surface area contributed by atoms with Crippen molar-refractivity contribution in [3.63, 3.8) is 0 Å². The third-order valence-electron chi connectivity index (χ3n) is 3.89. The number of nitrogens with zero attached hydrogens (tertiary/aromatic N) is 1. The zero-order valence-electron chi connectivity index (χ0n) is 13.8. The summed E-state index contributed by atoms with van der Waals surface area (Å²) >= 11 is 0. The molecule has 1 aromatic heterocycles. The van der Waals surface area contributed by atoms with Crippen LogP contribution in [0.1, 0.15) is 22.1 Å². The van der Waals surface area contributed by atoms with Gasteiger partial charge in [0.05, 0.1) is 5.52 Å². The zero-order valence-corrected chi connectivity index (χ0v) is 13.8. The SMILES string of the molecule is CNC(=O)C(NC(=O)c1ccc2ccccc2n1)c1ccc(F)c(F)c1. The highest BCUT2D eigenvalue weighted by atomic mass is 19.2. The van der Waals surface area contributed by atoms with Crippen molar-refractivity contribution >= 4 is 22.7 Å². The molecule has 3 rings (SSSR count). The minimum atomic E-state index is -1.18. The van der Waals surface area contributed by atoms with Gasteiger partial charge in [0.15, 0.2) is 11.6 Å². The van der Waals surface area contributed by atoms with Crippen LogP contribution in [0.2, 0.25) is 0 Å². The predicted molar refractivity (Wildman–Crippen MR) is 92.4 cm³/mol. The maximum Gasteiger partial charge on any atom is 0.270 e. The molecule has 26 heavy (non-hydrogen) atoms. The molecule has 0 aliphatic rings. The summed E-state index contributed by atoms with van der Waals surface area (Å²) in [4.78, 5) is 28.9. The number of nitrogens with one attached hydrogen (secondary N) is 2. The summed E-state index contributed by atoms with van der Waals surface area (Å²) in [5, 5.41) is 5.77. The van der Waals surface area contributed by atoms with Crippen molar-refractivity contribution in [1.82, 2.24) is 15.6 Å². The van der Waals surface area contributed by atoms with Gasteiger partial charge < -0.3 is 10.6 Å². The van der Waals surface area contributed by atoms with Gasteiger partial charge in [0.25, 0.3) is 5.91 Å². The number of halogens is 2. The molecule has 0 saturated heterocycles. The van der Waals surface area contributed by atoms with E-state index in [9.17, 15) is 18.4 Å². The van der Waals surface area contributed by atoms with Gasteiger partial charge in [-0.3, -0.25) is 9.59 Å². The molecule has 1 atom stereocenters. The Bertz CT molecular complexity index is 991. The fraction of sp³-hybridized carbons (Fsp3) is 0.105. The summed E-state index contributed by atoms with van der Waals surface area (Å²) in [6.07, 6.45) is 0. The second-order valence-electron chi connectivity index (χ2n) is 5.58. The average molecular weight is 355 g/mol. The van der Waals surface area contributed by atoms with E-state index in [4.69, 9.17) is 0 Å². The monoisotopic (exact) mass is 355 g/mol. The molecule has 5 nitrogen and oxygen atoms in total. The highest BCUT2D eigenvalue weighted by Gasteiger charge is 2.24. The van der Waals surface area contributed by atoms with Crippen LogP contribution < -0.4 is 10.6 Å². The molecule has 1 heterocycles. The highest BCUT2D eigenvalue weighted by molar-refractivity contribution is 5.98. The van der Waals surface area contributed by atoms with E-state index in [-0.39, 0.29) is 11.3 Å². The van der Waals surface area contributed by atoms with Gasteiger partial charge in [-0.25, -0.2) is 13.8 Å². The largest absolute Gasteiger partial charge is 0.357 e. The van der Waals surface area contributed by atoms with Crippen molar-refractivity contribution in [2.45, 2.75) is 6.04 Å². The molecule has 0 aliphatic carbocycles. The van der Waals surface area contributed by atoms with E-state index in [1.165, 1.54) is 19.2 Å². The zero-order chi connectivity index (χ0) is 18.7. The van der Waals surface area contributed by atoms with Gasteiger partial charge in [0.1, 0.15) is 11.7 Å². The molecule has 1 unspecified atom stereocenters. The number of likely N-dealkylation sites (N-methyl/N-ethyl adjacent to an activating group) is 1. The van der Waals surface area contributed by atoms with Gasteiger partial charge in [0, 0.05) is 12.4 Å². The second kappa shape index (κ2) is 7.26. The minimum Gasteiger partial charge on any atom is -0.357 e. The Morgan fingerprint density at radius 1 is 1.00 bits per heavy atom. The molecule has 3 aromatic rings. The van der Waals surface area contributed by atoms with Gasteiger partial charge in [-0.2, -0.15) is 0 Å². The number of aromatic nitrogens is 1. The molecule has 2 amide bonds. The van der Waals surface area contributed by atoms with E-state index in [1.54, 1.807) is 18.2 Å². The van der Waals surface area contributed by atoms with Crippen LogP contribution in [0, 0.1) is 11.6 Å². The van der Waals surface area contributed by atoms with E-state index < -0.39 is 29.5 Å². The summed E-state index contributed by atoms with van der Waals surface area (Å²) in [6.45, 7) is 0. The van der Waals surface area contributed by atoms with Crippen LogP contribution in [0.5, 0.6) is 0 Å². The maximum absolute atomic E-state index is 13.5. The second-order valence-corrected chi connectivity index (χ2v) is 5.58. The number of hydrogen-bond donors (Lipinski definition) is 2. The molecular weight excluding hydrogens is 340 g/mol. The number of carbonyl (C=O) groups is 2. The van der Waals surface area contributed by atoms with Crippen LogP contribution in [0.15, 0.2) is 54.6 Å². The summed E-state index contributed by atoms with van der Waals surface area (Å²) in [6, 6.07) is 12.4. The molecule has 0 fully saturated rings. The van der Waals surface area contributed by atoms with Gasteiger partial charge >= 0.3 is 0 Å². The van der Waals surface area contributed by atoms with Crippen LogP contribution in [-0.2, 0) is 4.79 Å². The summed E-state index contributed by atoms with van der Waals surface area (Å²) < 4.78 is 26.7. The number of amides is 2. The first-order chi connectivity index (χ1) is 12.5. The maximum atomic E-state index is 13.5. The molecule has 2 aromatic carbocycles. The van der Waals surface area contributed by atoms with E-state index >= 15 is 0 Å². The number of pyridine rings is 1. The Morgan fingerprint density at radius 2 is 1.77 bits per heavy atom. The first-order valence-electron chi connectivity index (χ1n) is 7.83. The lowest BCUT2D eigenvalue weighted by atomic mass is 10.1. The predicted octanol–water partition coefficient (Wildman–Crippen LogP) is 2.73. The fourth-order valence-electron chi connectivity index (χ4n) is 2.53. The van der Waals surface area contributed by atoms with Crippen LogP contribution in [0.3, 0.4) is 0 Å². The average Bonchev–Trinajstić information content (AvgIpc) is 2.67. The first kappa shape index (κ1) is 17.5. The summed E-state index contributed by atoms with van der Waals surface area (Å²) in [7, 11) is 1.38. The molecule has 7 heteroatoms. The number of rotatable bonds is 4. The van der Waals surface area contributed by atoms with Crippen LogP contribution in [-0.4, -0.2) is 23.8 Å². The molecule has 132 valence electrons. The summed E-state index contributed by atoms with van der Waals surface area (Å²) in [5.74, 6) is -3.30. The molecule has 0 saturated carbocycles. The smallest absolute Gasteiger partial charge is 0.270 e. The Balaban J connectivity index is 1.91. The highest BCUT2D eigenvalue weighted by Crippen LogP contribution is 2.18. The fourth-order valence-corrected chi connectivity index (χ4v) is 2.53. The Morgan fingerprint density at radius 3 is 2.50 bits per heavy atom. The van der Waals surface area contributed by atoms with Crippen LogP contribution in [0.25, 0.3) is 10.9 Å². The lowest BCUT2D eigenvalue weighted by Gasteiger charge is -2.18. The summed E-state index contributed by atoms with van der Waals surface area (Å²) in [5.41, 5.74) is 0.863. The Hall–Kier alpha value is -3.35. The Kier molecular flexibility index (Phi) is 4.88. The lowest BCUT2D eigenvalue weighted by molar-refractivity contribution is -0.122. The van der Waals surface area contributed by atoms with Crippen LogP contribution >= 0.6 is 0 Å². The van der Waals surface area contributed by atoms with Crippen molar-refractivity contribution in [2.75, 3.05) is 7.05 Å². The molecule has 0 aliphatic heterocycles. The van der Waals surface area contributed by atoms with Crippen LogP contribution in [0.4, 0.5) is 8.78 Å². The van der Waals surface area contributed by atoms with Crippen molar-refractivity contribution < 1.29 is 18.4 Å². The van der Waals surface area contributed by atoms with Gasteiger partial charge in [-0.15, -0.1) is 0 Å². The molecular formula is C19H15F2N3O2. The van der Waals surface area contributed by atoms with E-state index in [0.29, 0.717) is 5.52 Å².